The molecule has 2 amide bonds. The van der Waals surface area contributed by atoms with Crippen LogP contribution in [-0.2, 0) is 11.3 Å². The Bertz CT molecular complexity index is 1170. The molecule has 1 N–H and O–H groups in total. The normalized spacial score (nSPS) is 14.9. The molecule has 0 aliphatic carbocycles. The number of nitrogens with zero attached hydrogens (tertiary/aromatic N) is 1. The second-order valence-corrected chi connectivity index (χ2v) is 8.34. The zero-order valence-corrected chi connectivity index (χ0v) is 20.0. The zero-order valence-electron chi connectivity index (χ0n) is 20.0. The lowest BCUT2D eigenvalue weighted by Crippen LogP contribution is -2.34. The van der Waals surface area contributed by atoms with Crippen LogP contribution in [0.25, 0.3) is 0 Å². The van der Waals surface area contributed by atoms with Gasteiger partial charge >= 0.3 is 0 Å². The monoisotopic (exact) mass is 474 g/mol. The van der Waals surface area contributed by atoms with Gasteiger partial charge in [0, 0.05) is 24.2 Å². The highest BCUT2D eigenvalue weighted by molar-refractivity contribution is 5.94. The number of hydrogen-bond acceptors (Lipinski definition) is 5. The van der Waals surface area contributed by atoms with Crippen molar-refractivity contribution in [1.29, 1.82) is 0 Å². The van der Waals surface area contributed by atoms with Crippen molar-refractivity contribution in [2.75, 3.05) is 27.4 Å². The summed E-state index contributed by atoms with van der Waals surface area (Å²) in [4.78, 5) is 27.5. The van der Waals surface area contributed by atoms with E-state index in [1.165, 1.54) is 0 Å². The van der Waals surface area contributed by atoms with Crippen molar-refractivity contribution < 1.29 is 23.8 Å². The first-order chi connectivity index (χ1) is 17.1. The summed E-state index contributed by atoms with van der Waals surface area (Å²) in [6.45, 7) is 0.973. The first-order valence-corrected chi connectivity index (χ1v) is 11.7. The molecule has 0 radical (unpaired) electrons. The van der Waals surface area contributed by atoms with Crippen molar-refractivity contribution >= 4 is 11.8 Å². The van der Waals surface area contributed by atoms with Gasteiger partial charge in [-0.25, -0.2) is 0 Å². The summed E-state index contributed by atoms with van der Waals surface area (Å²) in [5.74, 6) is 1.61. The van der Waals surface area contributed by atoms with Crippen molar-refractivity contribution in [1.82, 2.24) is 10.2 Å². The van der Waals surface area contributed by atoms with Gasteiger partial charge in [0.2, 0.25) is 0 Å². The van der Waals surface area contributed by atoms with E-state index >= 15 is 0 Å². The second kappa shape index (κ2) is 11.4. The Labute approximate surface area is 205 Å². The molecule has 1 atom stereocenters. The number of hydrogen-bond donors (Lipinski definition) is 1. The number of methoxy groups -OCH3 is 2. The molecule has 1 heterocycles. The average molecular weight is 475 g/mol. The molecule has 0 saturated carbocycles. The molecule has 7 heteroatoms. The quantitative estimate of drug-likeness (QED) is 0.498. The third-order valence-electron chi connectivity index (χ3n) is 6.12. The topological polar surface area (TPSA) is 77.1 Å². The van der Waals surface area contributed by atoms with Gasteiger partial charge in [0.05, 0.1) is 20.3 Å². The molecule has 0 unspecified atom stereocenters. The SMILES string of the molecule is COc1ccc(OC)c([C@H]2CCCN2C(=O)COc2cccc(C(=O)NCc3ccccc3)c2)c1. The van der Waals surface area contributed by atoms with Gasteiger partial charge in [0.15, 0.2) is 6.61 Å². The molecule has 0 bridgehead atoms. The molecular formula is C28H30N2O5. The summed E-state index contributed by atoms with van der Waals surface area (Å²) < 4.78 is 16.7. The number of benzene rings is 3. The third-order valence-corrected chi connectivity index (χ3v) is 6.12. The van der Waals surface area contributed by atoms with Crippen LogP contribution in [0.1, 0.15) is 40.4 Å². The van der Waals surface area contributed by atoms with Crippen LogP contribution >= 0.6 is 0 Å². The number of rotatable bonds is 9. The predicted octanol–water partition coefficient (Wildman–Crippen LogP) is 4.38. The minimum absolute atomic E-state index is 0.105. The molecule has 1 aliphatic heterocycles. The van der Waals surface area contributed by atoms with Crippen LogP contribution in [0.2, 0.25) is 0 Å². The number of nitrogens with one attached hydrogen (secondary N) is 1. The molecule has 0 spiro atoms. The van der Waals surface area contributed by atoms with Gasteiger partial charge in [0.1, 0.15) is 17.2 Å². The van der Waals surface area contributed by atoms with Gasteiger partial charge in [-0.05, 0) is 54.8 Å². The van der Waals surface area contributed by atoms with E-state index in [2.05, 4.69) is 5.32 Å². The van der Waals surface area contributed by atoms with Crippen molar-refractivity contribution in [2.45, 2.75) is 25.4 Å². The first kappa shape index (κ1) is 24.1. The Morgan fingerprint density at radius 3 is 2.54 bits per heavy atom. The maximum atomic E-state index is 13.1. The fourth-order valence-electron chi connectivity index (χ4n) is 4.32. The van der Waals surface area contributed by atoms with Crippen molar-refractivity contribution in [3.63, 3.8) is 0 Å². The van der Waals surface area contributed by atoms with E-state index < -0.39 is 0 Å². The molecule has 0 aromatic heterocycles. The van der Waals surface area contributed by atoms with Gasteiger partial charge in [-0.3, -0.25) is 9.59 Å². The molecule has 4 rings (SSSR count). The third kappa shape index (κ3) is 5.93. The van der Waals surface area contributed by atoms with E-state index in [1.807, 2.05) is 53.4 Å². The van der Waals surface area contributed by atoms with E-state index in [4.69, 9.17) is 14.2 Å². The largest absolute Gasteiger partial charge is 0.497 e. The minimum atomic E-state index is -0.199. The van der Waals surface area contributed by atoms with Crippen LogP contribution in [0.3, 0.4) is 0 Å². The van der Waals surface area contributed by atoms with Crippen LogP contribution in [0.4, 0.5) is 0 Å². The van der Waals surface area contributed by atoms with Gasteiger partial charge in [-0.1, -0.05) is 36.4 Å². The number of amides is 2. The highest BCUT2D eigenvalue weighted by atomic mass is 16.5. The van der Waals surface area contributed by atoms with Crippen LogP contribution in [0.5, 0.6) is 17.2 Å². The van der Waals surface area contributed by atoms with Crippen LogP contribution < -0.4 is 19.5 Å². The van der Waals surface area contributed by atoms with E-state index in [1.54, 1.807) is 38.5 Å². The first-order valence-electron chi connectivity index (χ1n) is 11.7. The molecule has 1 saturated heterocycles. The summed E-state index contributed by atoms with van der Waals surface area (Å²) in [5.41, 5.74) is 2.42. The van der Waals surface area contributed by atoms with Crippen LogP contribution in [0.15, 0.2) is 72.8 Å². The van der Waals surface area contributed by atoms with Gasteiger partial charge < -0.3 is 24.4 Å². The van der Waals surface area contributed by atoms with Crippen LogP contribution in [0, 0.1) is 0 Å². The Kier molecular flexibility index (Phi) is 7.88. The summed E-state index contributed by atoms with van der Waals surface area (Å²) in [6, 6.07) is 22.1. The molecule has 35 heavy (non-hydrogen) atoms. The maximum Gasteiger partial charge on any atom is 0.261 e. The van der Waals surface area contributed by atoms with Gasteiger partial charge in [-0.2, -0.15) is 0 Å². The number of carbonyl (C=O) groups excluding carboxylic acids is 2. The lowest BCUT2D eigenvalue weighted by molar-refractivity contribution is -0.134. The molecule has 7 nitrogen and oxygen atoms in total. The Morgan fingerprint density at radius 1 is 0.943 bits per heavy atom. The number of carbonyl (C=O) groups is 2. The van der Waals surface area contributed by atoms with Crippen molar-refractivity contribution in [3.8, 4) is 17.2 Å². The zero-order chi connectivity index (χ0) is 24.6. The van der Waals surface area contributed by atoms with Crippen LogP contribution in [-0.4, -0.2) is 44.1 Å². The molecule has 3 aromatic rings. The Morgan fingerprint density at radius 2 is 1.77 bits per heavy atom. The minimum Gasteiger partial charge on any atom is -0.497 e. The second-order valence-electron chi connectivity index (χ2n) is 8.34. The molecule has 1 aliphatic rings. The summed E-state index contributed by atoms with van der Waals surface area (Å²) >= 11 is 0. The molecule has 3 aromatic carbocycles. The van der Waals surface area contributed by atoms with Gasteiger partial charge in [-0.15, -0.1) is 0 Å². The van der Waals surface area contributed by atoms with Crippen molar-refractivity contribution in [2.24, 2.45) is 0 Å². The number of likely N-dealkylation sites (tertiary alicyclic amines) is 1. The predicted molar refractivity (Wildman–Crippen MR) is 133 cm³/mol. The summed E-state index contributed by atoms with van der Waals surface area (Å²) in [6.07, 6.45) is 1.74. The molecule has 1 fully saturated rings. The highest BCUT2D eigenvalue weighted by Crippen LogP contribution is 2.39. The Balaban J connectivity index is 1.38. The van der Waals surface area contributed by atoms with E-state index in [0.717, 1.165) is 35.5 Å². The van der Waals surface area contributed by atoms with E-state index in [9.17, 15) is 9.59 Å². The number of ether oxygens (including phenoxy) is 3. The fourth-order valence-corrected chi connectivity index (χ4v) is 4.32. The smallest absolute Gasteiger partial charge is 0.261 e. The van der Waals surface area contributed by atoms with E-state index in [0.29, 0.717) is 24.4 Å². The fraction of sp³-hybridized carbons (Fsp3) is 0.286. The lowest BCUT2D eigenvalue weighted by Gasteiger charge is -2.26. The maximum absolute atomic E-state index is 13.1. The van der Waals surface area contributed by atoms with Gasteiger partial charge in [0.25, 0.3) is 11.8 Å². The standard InChI is InChI=1S/C28H30N2O5/c1-33-22-13-14-26(34-2)24(17-22)25-12-7-15-30(25)27(31)19-35-23-11-6-10-21(16-23)28(32)29-18-20-8-4-3-5-9-20/h3-6,8-11,13-14,16-17,25H,7,12,15,18-19H2,1-2H3,(H,29,32)/t25-/m1/s1. The summed E-state index contributed by atoms with van der Waals surface area (Å²) in [7, 11) is 3.24. The Hall–Kier alpha value is -4.00. The molecular weight excluding hydrogens is 444 g/mol. The average Bonchev–Trinajstić information content (AvgIpc) is 3.40. The molecule has 182 valence electrons. The van der Waals surface area contributed by atoms with Crippen molar-refractivity contribution in [3.05, 3.63) is 89.5 Å². The summed E-state index contributed by atoms with van der Waals surface area (Å²) in [5, 5.41) is 2.90. The highest BCUT2D eigenvalue weighted by Gasteiger charge is 2.32. The van der Waals surface area contributed by atoms with E-state index in [-0.39, 0.29) is 24.5 Å². The lowest BCUT2D eigenvalue weighted by atomic mass is 10.0.